The second-order valence-corrected chi connectivity index (χ2v) is 7.44. The molecule has 1 aliphatic rings. The lowest BCUT2D eigenvalue weighted by Crippen LogP contribution is -2.43. The van der Waals surface area contributed by atoms with Gasteiger partial charge < -0.3 is 5.32 Å². The summed E-state index contributed by atoms with van der Waals surface area (Å²) in [7, 11) is -3.22. The number of amides is 1. The average Bonchev–Trinajstić information content (AvgIpc) is 2.47. The minimum Gasteiger partial charge on any atom is -0.326 e. The van der Waals surface area contributed by atoms with Crippen molar-refractivity contribution in [2.45, 2.75) is 26.2 Å². The van der Waals surface area contributed by atoms with Gasteiger partial charge in [0.25, 0.3) is 0 Å². The van der Waals surface area contributed by atoms with Crippen LogP contribution in [0.1, 0.15) is 25.3 Å². The number of carbonyl (C=O) groups excluding carboxylic acids is 1. The van der Waals surface area contributed by atoms with Crippen molar-refractivity contribution in [2.24, 2.45) is 5.92 Å². The Morgan fingerprint density at radius 1 is 1.38 bits per heavy atom. The first-order valence-corrected chi connectivity index (χ1v) is 9.10. The molecule has 1 atom stereocenters. The van der Waals surface area contributed by atoms with E-state index >= 15 is 0 Å². The number of aryl methyl sites for hydroxylation is 1. The molecule has 5 nitrogen and oxygen atoms in total. The maximum Gasteiger partial charge on any atom is 0.228 e. The fraction of sp³-hybridized carbons (Fsp3) is 0.533. The molecular weight excluding hydrogens is 288 g/mol. The summed E-state index contributed by atoms with van der Waals surface area (Å²) in [4.78, 5) is 12.4. The van der Waals surface area contributed by atoms with Gasteiger partial charge in [-0.2, -0.15) is 0 Å². The lowest BCUT2D eigenvalue weighted by Gasteiger charge is -2.30. The molecule has 2 rings (SSSR count). The maximum absolute atomic E-state index is 12.4. The number of sulfonamides is 1. The highest BCUT2D eigenvalue weighted by Crippen LogP contribution is 2.22. The molecule has 21 heavy (non-hydrogen) atoms. The fourth-order valence-corrected chi connectivity index (χ4v) is 3.55. The quantitative estimate of drug-likeness (QED) is 0.923. The van der Waals surface area contributed by atoms with Crippen LogP contribution in [-0.2, 0) is 21.2 Å². The summed E-state index contributed by atoms with van der Waals surface area (Å²) in [5.74, 6) is -0.373. The Morgan fingerprint density at radius 3 is 2.76 bits per heavy atom. The van der Waals surface area contributed by atoms with E-state index in [2.05, 4.69) is 5.32 Å². The predicted octanol–water partition coefficient (Wildman–Crippen LogP) is 1.86. The molecule has 1 fully saturated rings. The van der Waals surface area contributed by atoms with Crippen molar-refractivity contribution in [3.63, 3.8) is 0 Å². The highest BCUT2D eigenvalue weighted by molar-refractivity contribution is 7.88. The van der Waals surface area contributed by atoms with Crippen molar-refractivity contribution in [1.29, 1.82) is 0 Å². The smallest absolute Gasteiger partial charge is 0.228 e. The van der Waals surface area contributed by atoms with Crippen LogP contribution in [0.25, 0.3) is 0 Å². The van der Waals surface area contributed by atoms with Gasteiger partial charge >= 0.3 is 0 Å². The van der Waals surface area contributed by atoms with Crippen molar-refractivity contribution in [3.8, 4) is 0 Å². The molecule has 0 aromatic heterocycles. The van der Waals surface area contributed by atoms with Crippen molar-refractivity contribution >= 4 is 21.6 Å². The van der Waals surface area contributed by atoms with Crippen LogP contribution in [0.15, 0.2) is 24.3 Å². The topological polar surface area (TPSA) is 66.5 Å². The summed E-state index contributed by atoms with van der Waals surface area (Å²) in [5, 5.41) is 2.94. The van der Waals surface area contributed by atoms with Gasteiger partial charge in [-0.3, -0.25) is 4.79 Å². The number of carbonyl (C=O) groups is 1. The summed E-state index contributed by atoms with van der Waals surface area (Å²) in [5.41, 5.74) is 1.91. The highest BCUT2D eigenvalue weighted by atomic mass is 32.2. The summed E-state index contributed by atoms with van der Waals surface area (Å²) < 4.78 is 24.6. The number of anilines is 1. The Hall–Kier alpha value is -1.40. The zero-order valence-corrected chi connectivity index (χ0v) is 13.3. The molecule has 6 heteroatoms. The van der Waals surface area contributed by atoms with Crippen LogP contribution in [-0.4, -0.2) is 38.0 Å². The monoisotopic (exact) mass is 310 g/mol. The SMILES string of the molecule is CCc1ccccc1NC(=O)[C@@H]1CCCN(S(C)(=O)=O)C1. The Bertz CT molecular complexity index is 613. The minimum absolute atomic E-state index is 0.0933. The van der Waals surface area contributed by atoms with E-state index in [0.29, 0.717) is 6.54 Å². The Morgan fingerprint density at radius 2 is 2.10 bits per heavy atom. The molecule has 1 saturated heterocycles. The van der Waals surface area contributed by atoms with Gasteiger partial charge in [0.2, 0.25) is 15.9 Å². The summed E-state index contributed by atoms with van der Waals surface area (Å²) in [6, 6.07) is 7.70. The summed E-state index contributed by atoms with van der Waals surface area (Å²) in [6.07, 6.45) is 3.49. The van der Waals surface area contributed by atoms with Gasteiger partial charge in [-0.15, -0.1) is 0 Å². The van der Waals surface area contributed by atoms with Crippen LogP contribution in [0.4, 0.5) is 5.69 Å². The number of hydrogen-bond donors (Lipinski definition) is 1. The maximum atomic E-state index is 12.4. The van der Waals surface area contributed by atoms with Crippen LogP contribution < -0.4 is 5.32 Å². The molecule has 1 heterocycles. The zero-order valence-electron chi connectivity index (χ0n) is 12.5. The molecular formula is C15H22N2O3S. The fourth-order valence-electron chi connectivity index (χ4n) is 2.64. The molecule has 1 aliphatic heterocycles. The number of benzene rings is 1. The summed E-state index contributed by atoms with van der Waals surface area (Å²) >= 11 is 0. The van der Waals surface area contributed by atoms with E-state index in [4.69, 9.17) is 0 Å². The van der Waals surface area contributed by atoms with E-state index in [-0.39, 0.29) is 18.4 Å². The molecule has 1 aromatic carbocycles. The van der Waals surface area contributed by atoms with Gasteiger partial charge in [0, 0.05) is 18.8 Å². The second kappa shape index (κ2) is 6.58. The van der Waals surface area contributed by atoms with Gasteiger partial charge in [0.15, 0.2) is 0 Å². The standard InChI is InChI=1S/C15H22N2O3S/c1-3-12-7-4-5-9-14(12)16-15(18)13-8-6-10-17(11-13)21(2,19)20/h4-5,7,9,13H,3,6,8,10-11H2,1-2H3,(H,16,18)/t13-/m1/s1. The first kappa shape index (κ1) is 16.0. The first-order chi connectivity index (χ1) is 9.91. The molecule has 0 aliphatic carbocycles. The minimum atomic E-state index is -3.22. The Kier molecular flexibility index (Phi) is 5.00. The Balaban J connectivity index is 2.06. The lowest BCUT2D eigenvalue weighted by atomic mass is 9.98. The number of piperidine rings is 1. The molecule has 1 N–H and O–H groups in total. The van der Waals surface area contributed by atoms with Crippen molar-refractivity contribution < 1.29 is 13.2 Å². The van der Waals surface area contributed by atoms with Gasteiger partial charge in [0.05, 0.1) is 12.2 Å². The number of rotatable bonds is 4. The molecule has 0 bridgehead atoms. The molecule has 0 unspecified atom stereocenters. The van der Waals surface area contributed by atoms with E-state index in [1.807, 2.05) is 31.2 Å². The van der Waals surface area contributed by atoms with Crippen molar-refractivity contribution in [1.82, 2.24) is 4.31 Å². The van der Waals surface area contributed by atoms with E-state index in [1.165, 1.54) is 10.6 Å². The van der Waals surface area contributed by atoms with Crippen molar-refractivity contribution in [2.75, 3.05) is 24.7 Å². The predicted molar refractivity (Wildman–Crippen MR) is 83.6 cm³/mol. The van der Waals surface area contributed by atoms with Gasteiger partial charge in [-0.05, 0) is 30.9 Å². The summed E-state index contributed by atoms with van der Waals surface area (Å²) in [6.45, 7) is 2.82. The van der Waals surface area contributed by atoms with E-state index in [9.17, 15) is 13.2 Å². The molecule has 1 amide bonds. The number of hydrogen-bond acceptors (Lipinski definition) is 3. The number of para-hydroxylation sites is 1. The van der Waals surface area contributed by atoms with Gasteiger partial charge in [-0.25, -0.2) is 12.7 Å². The average molecular weight is 310 g/mol. The molecule has 116 valence electrons. The third kappa shape index (κ3) is 4.04. The molecule has 0 saturated carbocycles. The third-order valence-electron chi connectivity index (χ3n) is 3.88. The van der Waals surface area contributed by atoms with E-state index < -0.39 is 10.0 Å². The molecule has 0 radical (unpaired) electrons. The van der Waals surface area contributed by atoms with Crippen LogP contribution in [0.5, 0.6) is 0 Å². The molecule has 1 aromatic rings. The van der Waals surface area contributed by atoms with Gasteiger partial charge in [-0.1, -0.05) is 25.1 Å². The highest BCUT2D eigenvalue weighted by Gasteiger charge is 2.30. The van der Waals surface area contributed by atoms with E-state index in [1.54, 1.807) is 0 Å². The third-order valence-corrected chi connectivity index (χ3v) is 5.15. The zero-order chi connectivity index (χ0) is 15.5. The first-order valence-electron chi connectivity index (χ1n) is 7.25. The van der Waals surface area contributed by atoms with Crippen LogP contribution in [0, 0.1) is 5.92 Å². The van der Waals surface area contributed by atoms with Crippen LogP contribution in [0.2, 0.25) is 0 Å². The number of nitrogens with zero attached hydrogens (tertiary/aromatic N) is 1. The molecule has 0 spiro atoms. The lowest BCUT2D eigenvalue weighted by molar-refractivity contribution is -0.120. The Labute approximate surface area is 126 Å². The van der Waals surface area contributed by atoms with Gasteiger partial charge in [0.1, 0.15) is 0 Å². The van der Waals surface area contributed by atoms with Crippen LogP contribution in [0.3, 0.4) is 0 Å². The van der Waals surface area contributed by atoms with E-state index in [0.717, 1.165) is 30.5 Å². The number of nitrogens with one attached hydrogen (secondary N) is 1. The largest absolute Gasteiger partial charge is 0.326 e. The van der Waals surface area contributed by atoms with Crippen molar-refractivity contribution in [3.05, 3.63) is 29.8 Å². The van der Waals surface area contributed by atoms with Crippen LogP contribution >= 0.6 is 0 Å². The normalized spacial score (nSPS) is 20.2. The second-order valence-electron chi connectivity index (χ2n) is 5.46.